The lowest BCUT2D eigenvalue weighted by Gasteiger charge is -2.16. The largest absolute Gasteiger partial charge is 0.472 e. The highest BCUT2D eigenvalue weighted by Crippen LogP contribution is 2.08. The first kappa shape index (κ1) is 9.99. The number of Topliss-reactive ketones (excluding diaryl/α,β-unsaturated/α-hetero) is 1. The molecule has 0 saturated carbocycles. The van der Waals surface area contributed by atoms with Gasteiger partial charge in [0.05, 0.1) is 12.5 Å². The second-order valence-corrected chi connectivity index (χ2v) is 4.01. The van der Waals surface area contributed by atoms with Crippen molar-refractivity contribution in [3.05, 3.63) is 24.2 Å². The Morgan fingerprint density at radius 1 is 1.62 bits per heavy atom. The van der Waals surface area contributed by atoms with Crippen LogP contribution in [0.4, 0.5) is 0 Å². The molecular formula is C10H15NO2. The molecule has 72 valence electrons. The van der Waals surface area contributed by atoms with E-state index in [1.165, 1.54) is 0 Å². The molecule has 0 saturated heterocycles. The number of hydrogen-bond donors (Lipinski definition) is 1. The Hall–Kier alpha value is -1.09. The van der Waals surface area contributed by atoms with Crippen molar-refractivity contribution in [1.82, 2.24) is 0 Å². The molecule has 1 aromatic rings. The van der Waals surface area contributed by atoms with Gasteiger partial charge in [-0.25, -0.2) is 0 Å². The van der Waals surface area contributed by atoms with E-state index in [1.807, 2.05) is 13.8 Å². The zero-order valence-corrected chi connectivity index (χ0v) is 8.04. The number of ketones is 1. The van der Waals surface area contributed by atoms with Crippen LogP contribution in [0.1, 0.15) is 25.8 Å². The molecule has 0 fully saturated rings. The van der Waals surface area contributed by atoms with Gasteiger partial charge in [-0.1, -0.05) is 0 Å². The number of nitrogens with two attached hydrogens (primary N) is 1. The first-order valence-corrected chi connectivity index (χ1v) is 4.29. The molecule has 0 aliphatic heterocycles. The van der Waals surface area contributed by atoms with E-state index in [9.17, 15) is 4.79 Å². The Morgan fingerprint density at radius 3 is 2.77 bits per heavy atom. The van der Waals surface area contributed by atoms with Gasteiger partial charge in [0, 0.05) is 18.4 Å². The van der Waals surface area contributed by atoms with Gasteiger partial charge in [0.15, 0.2) is 0 Å². The maximum atomic E-state index is 11.4. The molecule has 3 heteroatoms. The minimum absolute atomic E-state index is 0.147. The highest BCUT2D eigenvalue weighted by molar-refractivity contribution is 5.81. The van der Waals surface area contributed by atoms with Gasteiger partial charge < -0.3 is 10.2 Å². The predicted molar refractivity (Wildman–Crippen MR) is 50.3 cm³/mol. The number of carbonyl (C=O) groups is 1. The minimum atomic E-state index is -0.416. The van der Waals surface area contributed by atoms with Gasteiger partial charge in [-0.15, -0.1) is 0 Å². The van der Waals surface area contributed by atoms with Crippen LogP contribution in [0, 0.1) is 0 Å². The summed E-state index contributed by atoms with van der Waals surface area (Å²) in [5.74, 6) is 0.147. The first-order valence-electron chi connectivity index (χ1n) is 4.29. The number of carbonyl (C=O) groups excluding carboxylic acids is 1. The van der Waals surface area contributed by atoms with Crippen LogP contribution in [0.25, 0.3) is 0 Å². The summed E-state index contributed by atoms with van der Waals surface area (Å²) in [6.07, 6.45) is 3.97. The van der Waals surface area contributed by atoms with Crippen LogP contribution in [0.3, 0.4) is 0 Å². The molecule has 3 nitrogen and oxygen atoms in total. The van der Waals surface area contributed by atoms with Gasteiger partial charge in [-0.05, 0) is 25.5 Å². The van der Waals surface area contributed by atoms with Gasteiger partial charge in [0.25, 0.3) is 0 Å². The van der Waals surface area contributed by atoms with Crippen molar-refractivity contribution in [2.24, 2.45) is 5.73 Å². The first-order chi connectivity index (χ1) is 5.97. The Morgan fingerprint density at radius 2 is 2.31 bits per heavy atom. The van der Waals surface area contributed by atoms with E-state index in [-0.39, 0.29) is 5.78 Å². The van der Waals surface area contributed by atoms with Crippen LogP contribution >= 0.6 is 0 Å². The zero-order valence-electron chi connectivity index (χ0n) is 8.04. The second kappa shape index (κ2) is 3.75. The Labute approximate surface area is 77.9 Å². The summed E-state index contributed by atoms with van der Waals surface area (Å²) in [7, 11) is 0. The molecule has 1 rings (SSSR count). The highest BCUT2D eigenvalue weighted by Gasteiger charge is 2.16. The smallest absolute Gasteiger partial charge is 0.139 e. The van der Waals surface area contributed by atoms with Crippen LogP contribution < -0.4 is 5.73 Å². The van der Waals surface area contributed by atoms with Crippen molar-refractivity contribution in [3.63, 3.8) is 0 Å². The molecule has 13 heavy (non-hydrogen) atoms. The summed E-state index contributed by atoms with van der Waals surface area (Å²) < 4.78 is 4.86. The van der Waals surface area contributed by atoms with Gasteiger partial charge >= 0.3 is 0 Å². The number of rotatable bonds is 4. The average molecular weight is 181 g/mol. The molecule has 0 amide bonds. The molecule has 2 N–H and O–H groups in total. The summed E-state index contributed by atoms with van der Waals surface area (Å²) >= 11 is 0. The van der Waals surface area contributed by atoms with Crippen molar-refractivity contribution in [3.8, 4) is 0 Å². The monoisotopic (exact) mass is 181 g/mol. The summed E-state index contributed by atoms with van der Waals surface area (Å²) in [5, 5.41) is 0. The van der Waals surface area contributed by atoms with E-state index in [4.69, 9.17) is 10.2 Å². The molecular weight excluding hydrogens is 166 g/mol. The van der Waals surface area contributed by atoms with E-state index < -0.39 is 5.54 Å². The highest BCUT2D eigenvalue weighted by atomic mass is 16.3. The van der Waals surface area contributed by atoms with Gasteiger partial charge in [0.1, 0.15) is 5.78 Å². The van der Waals surface area contributed by atoms with Crippen LogP contribution in [0.15, 0.2) is 23.0 Å². The molecule has 0 atom stereocenters. The molecule has 0 radical (unpaired) electrons. The second-order valence-electron chi connectivity index (χ2n) is 4.01. The third-order valence-corrected chi connectivity index (χ3v) is 1.63. The summed E-state index contributed by atoms with van der Waals surface area (Å²) in [6.45, 7) is 3.69. The SMILES string of the molecule is CC(C)(N)CC(=O)Cc1ccoc1. The van der Waals surface area contributed by atoms with Crippen molar-refractivity contribution in [2.45, 2.75) is 32.2 Å². The van der Waals surface area contributed by atoms with E-state index in [0.29, 0.717) is 12.8 Å². The Balaban J connectivity index is 2.43. The standard InChI is InChI=1S/C10H15NO2/c1-10(2,11)6-9(12)5-8-3-4-13-7-8/h3-4,7H,5-6,11H2,1-2H3. The maximum absolute atomic E-state index is 11.4. The number of hydrogen-bond acceptors (Lipinski definition) is 3. The van der Waals surface area contributed by atoms with Gasteiger partial charge in [-0.2, -0.15) is 0 Å². The average Bonchev–Trinajstić information content (AvgIpc) is 2.34. The van der Waals surface area contributed by atoms with Crippen LogP contribution in [-0.4, -0.2) is 11.3 Å². The minimum Gasteiger partial charge on any atom is -0.472 e. The predicted octanol–water partition coefficient (Wildman–Crippen LogP) is 1.52. The van der Waals surface area contributed by atoms with E-state index in [1.54, 1.807) is 18.6 Å². The van der Waals surface area contributed by atoms with E-state index in [2.05, 4.69) is 0 Å². The summed E-state index contributed by atoms with van der Waals surface area (Å²) in [6, 6.07) is 1.79. The van der Waals surface area contributed by atoms with Crippen LogP contribution in [0.5, 0.6) is 0 Å². The fourth-order valence-electron chi connectivity index (χ4n) is 1.19. The van der Waals surface area contributed by atoms with Crippen molar-refractivity contribution in [1.29, 1.82) is 0 Å². The maximum Gasteiger partial charge on any atom is 0.139 e. The molecule has 0 aliphatic carbocycles. The van der Waals surface area contributed by atoms with Gasteiger partial charge in [-0.3, -0.25) is 4.79 Å². The van der Waals surface area contributed by atoms with Crippen molar-refractivity contribution in [2.75, 3.05) is 0 Å². The fraction of sp³-hybridized carbons (Fsp3) is 0.500. The molecule has 0 spiro atoms. The lowest BCUT2D eigenvalue weighted by atomic mass is 9.96. The fourth-order valence-corrected chi connectivity index (χ4v) is 1.19. The molecule has 1 aromatic heterocycles. The lowest BCUT2D eigenvalue weighted by molar-refractivity contribution is -0.119. The topological polar surface area (TPSA) is 56.2 Å². The van der Waals surface area contributed by atoms with E-state index in [0.717, 1.165) is 5.56 Å². The third-order valence-electron chi connectivity index (χ3n) is 1.63. The summed E-state index contributed by atoms with van der Waals surface area (Å²) in [4.78, 5) is 11.4. The zero-order chi connectivity index (χ0) is 9.90. The lowest BCUT2D eigenvalue weighted by Crippen LogP contribution is -2.35. The normalized spacial score (nSPS) is 11.6. The number of furan rings is 1. The Kier molecular flexibility index (Phi) is 2.88. The third kappa shape index (κ3) is 3.90. The van der Waals surface area contributed by atoms with Crippen molar-refractivity contribution >= 4 is 5.78 Å². The molecule has 0 unspecified atom stereocenters. The van der Waals surface area contributed by atoms with Gasteiger partial charge in [0.2, 0.25) is 0 Å². The molecule has 1 heterocycles. The van der Waals surface area contributed by atoms with Crippen molar-refractivity contribution < 1.29 is 9.21 Å². The quantitative estimate of drug-likeness (QED) is 0.766. The van der Waals surface area contributed by atoms with Crippen LogP contribution in [-0.2, 0) is 11.2 Å². The molecule has 0 aliphatic rings. The van der Waals surface area contributed by atoms with Crippen LogP contribution in [0.2, 0.25) is 0 Å². The summed E-state index contributed by atoms with van der Waals surface area (Å²) in [5.41, 5.74) is 6.22. The van der Waals surface area contributed by atoms with E-state index >= 15 is 0 Å². The Bertz CT molecular complexity index is 270. The molecule has 0 bridgehead atoms. The molecule has 0 aromatic carbocycles.